The predicted molar refractivity (Wildman–Crippen MR) is 134 cm³/mol. The van der Waals surface area contributed by atoms with Gasteiger partial charge in [-0.1, -0.05) is 12.2 Å². The first-order valence-electron chi connectivity index (χ1n) is 11.4. The summed E-state index contributed by atoms with van der Waals surface area (Å²) in [4.78, 5) is 11.0. The molecule has 184 valence electrons. The monoisotopic (exact) mass is 497 g/mol. The van der Waals surface area contributed by atoms with Crippen molar-refractivity contribution in [1.29, 1.82) is 0 Å². The van der Waals surface area contributed by atoms with Gasteiger partial charge in [0.05, 0.1) is 12.0 Å². The number of benzene rings is 2. The second-order valence-corrected chi connectivity index (χ2v) is 9.92. The largest absolute Gasteiger partial charge is 0.497 e. The van der Waals surface area contributed by atoms with E-state index in [4.69, 9.17) is 4.74 Å². The maximum absolute atomic E-state index is 14.0. The first-order valence-corrected chi connectivity index (χ1v) is 12.8. The zero-order valence-electron chi connectivity index (χ0n) is 19.4. The number of sulfonamides is 1. The van der Waals surface area contributed by atoms with Crippen LogP contribution in [0.5, 0.6) is 5.75 Å². The number of nitrogens with zero attached hydrogens (tertiary/aromatic N) is 3. The fourth-order valence-corrected chi connectivity index (χ4v) is 4.75. The smallest absolute Gasteiger partial charge is 0.240 e. The van der Waals surface area contributed by atoms with Crippen molar-refractivity contribution in [1.82, 2.24) is 19.6 Å². The second kappa shape index (κ2) is 11.4. The Bertz CT molecular complexity index is 1260. The topological polar surface area (TPSA) is 96.4 Å². The molecule has 2 heterocycles. The Labute approximate surface area is 204 Å². The maximum atomic E-state index is 14.0. The summed E-state index contributed by atoms with van der Waals surface area (Å²) in [5.74, 6) is 0.570. The predicted octanol–water partition coefficient (Wildman–Crippen LogP) is 3.91. The fraction of sp³-hybridized carbons (Fsp3) is 0.280. The van der Waals surface area contributed by atoms with Gasteiger partial charge in [-0.3, -0.25) is 0 Å². The molecule has 10 heteroatoms. The molecule has 0 atom stereocenters. The van der Waals surface area contributed by atoms with Gasteiger partial charge < -0.3 is 15.0 Å². The van der Waals surface area contributed by atoms with Crippen molar-refractivity contribution < 1.29 is 17.5 Å². The summed E-state index contributed by atoms with van der Waals surface area (Å²) in [6, 6.07) is 10.9. The molecule has 0 bridgehead atoms. The van der Waals surface area contributed by atoms with Crippen LogP contribution in [0.3, 0.4) is 0 Å². The van der Waals surface area contributed by atoms with Gasteiger partial charge in [0.2, 0.25) is 16.0 Å². The van der Waals surface area contributed by atoms with Gasteiger partial charge in [-0.2, -0.15) is 0 Å². The van der Waals surface area contributed by atoms with Gasteiger partial charge in [-0.05, 0) is 68.4 Å². The van der Waals surface area contributed by atoms with Crippen LogP contribution in [-0.4, -0.2) is 56.6 Å². The summed E-state index contributed by atoms with van der Waals surface area (Å²) in [6.45, 7) is 3.17. The summed E-state index contributed by atoms with van der Waals surface area (Å²) < 4.78 is 46.8. The average Bonchev–Trinajstić information content (AvgIpc) is 3.38. The maximum Gasteiger partial charge on any atom is 0.240 e. The van der Waals surface area contributed by atoms with Crippen LogP contribution < -0.4 is 14.8 Å². The highest BCUT2D eigenvalue weighted by Gasteiger charge is 2.16. The van der Waals surface area contributed by atoms with Gasteiger partial charge in [0.1, 0.15) is 11.6 Å². The average molecular weight is 498 g/mol. The number of anilines is 2. The number of hydrogen-bond acceptors (Lipinski definition) is 7. The molecule has 8 nitrogen and oxygen atoms in total. The Kier molecular flexibility index (Phi) is 8.06. The normalized spacial score (nSPS) is 14.5. The van der Waals surface area contributed by atoms with Crippen LogP contribution in [0.4, 0.5) is 16.0 Å². The Morgan fingerprint density at radius 3 is 2.46 bits per heavy atom. The lowest BCUT2D eigenvalue weighted by molar-refractivity contribution is 0.344. The number of halogens is 1. The molecule has 0 saturated carbocycles. The van der Waals surface area contributed by atoms with Crippen LogP contribution in [0.15, 0.2) is 59.8 Å². The van der Waals surface area contributed by atoms with E-state index in [9.17, 15) is 12.8 Å². The van der Waals surface area contributed by atoms with E-state index in [1.165, 1.54) is 26.0 Å². The Balaban J connectivity index is 1.33. The van der Waals surface area contributed by atoms with Crippen molar-refractivity contribution >= 4 is 33.8 Å². The summed E-state index contributed by atoms with van der Waals surface area (Å²) in [5, 5.41) is 3.04. The van der Waals surface area contributed by atoms with Crippen LogP contribution in [0, 0.1) is 5.82 Å². The minimum atomic E-state index is -3.56. The van der Waals surface area contributed by atoms with Crippen molar-refractivity contribution in [3.8, 4) is 5.75 Å². The minimum absolute atomic E-state index is 0.204. The highest BCUT2D eigenvalue weighted by Crippen LogP contribution is 2.20. The van der Waals surface area contributed by atoms with Crippen molar-refractivity contribution in [2.24, 2.45) is 0 Å². The van der Waals surface area contributed by atoms with E-state index < -0.39 is 10.0 Å². The van der Waals surface area contributed by atoms with Gasteiger partial charge in [0, 0.05) is 42.3 Å². The van der Waals surface area contributed by atoms with E-state index in [1.807, 2.05) is 0 Å². The Hall–Kier alpha value is -3.34. The molecular weight excluding hydrogens is 469 g/mol. The first kappa shape index (κ1) is 24.8. The van der Waals surface area contributed by atoms with Gasteiger partial charge in [-0.15, -0.1) is 0 Å². The van der Waals surface area contributed by atoms with Crippen LogP contribution in [0.25, 0.3) is 12.2 Å². The molecule has 1 fully saturated rings. The van der Waals surface area contributed by atoms with E-state index >= 15 is 0 Å². The molecule has 2 aromatic carbocycles. The van der Waals surface area contributed by atoms with Crippen LogP contribution >= 0.6 is 0 Å². The SMILES string of the molecule is COc1ccc(F)c(/C=C/c2cnc(Nc3ccc(S(=O)(=O)NCCN4CCCC4)cc3)nc2)c1. The van der Waals surface area contributed by atoms with Crippen molar-refractivity contribution in [3.63, 3.8) is 0 Å². The number of rotatable bonds is 10. The summed E-state index contributed by atoms with van der Waals surface area (Å²) in [7, 11) is -2.03. The van der Waals surface area contributed by atoms with Crippen molar-refractivity contribution in [2.75, 3.05) is 38.6 Å². The lowest BCUT2D eigenvalue weighted by atomic mass is 10.1. The zero-order valence-corrected chi connectivity index (χ0v) is 20.3. The summed E-state index contributed by atoms with van der Waals surface area (Å²) >= 11 is 0. The van der Waals surface area contributed by atoms with E-state index in [-0.39, 0.29) is 10.7 Å². The molecule has 1 saturated heterocycles. The summed E-state index contributed by atoms with van der Waals surface area (Å²) in [5.41, 5.74) is 1.74. The lowest BCUT2D eigenvalue weighted by Gasteiger charge is -2.15. The van der Waals surface area contributed by atoms with Gasteiger partial charge in [-0.25, -0.2) is 27.5 Å². The molecule has 1 aromatic heterocycles. The molecule has 0 radical (unpaired) electrons. The Morgan fingerprint density at radius 2 is 1.77 bits per heavy atom. The molecule has 1 aliphatic heterocycles. The molecule has 1 aliphatic rings. The molecule has 4 rings (SSSR count). The molecule has 35 heavy (non-hydrogen) atoms. The first-order chi connectivity index (χ1) is 16.9. The highest BCUT2D eigenvalue weighted by molar-refractivity contribution is 7.89. The van der Waals surface area contributed by atoms with Crippen molar-refractivity contribution in [3.05, 3.63) is 71.8 Å². The van der Waals surface area contributed by atoms with Crippen LogP contribution in [0.2, 0.25) is 0 Å². The number of methoxy groups -OCH3 is 1. The van der Waals surface area contributed by atoms with Gasteiger partial charge >= 0.3 is 0 Å². The zero-order chi connectivity index (χ0) is 24.7. The van der Waals surface area contributed by atoms with E-state index in [0.717, 1.165) is 19.6 Å². The molecule has 0 amide bonds. The number of ether oxygens (including phenoxy) is 1. The number of aromatic nitrogens is 2. The van der Waals surface area contributed by atoms with E-state index in [2.05, 4.69) is 24.9 Å². The number of likely N-dealkylation sites (tertiary alicyclic amines) is 1. The molecule has 0 unspecified atom stereocenters. The highest BCUT2D eigenvalue weighted by atomic mass is 32.2. The third-order valence-electron chi connectivity index (χ3n) is 5.67. The molecule has 2 N–H and O–H groups in total. The number of hydrogen-bond donors (Lipinski definition) is 2. The minimum Gasteiger partial charge on any atom is -0.497 e. The Morgan fingerprint density at radius 1 is 1.06 bits per heavy atom. The van der Waals surface area contributed by atoms with E-state index in [0.29, 0.717) is 35.1 Å². The third-order valence-corrected chi connectivity index (χ3v) is 7.15. The molecule has 0 spiro atoms. The quantitative estimate of drug-likeness (QED) is 0.438. The fourth-order valence-electron chi connectivity index (χ4n) is 3.73. The second-order valence-electron chi connectivity index (χ2n) is 8.16. The number of nitrogens with one attached hydrogen (secondary N) is 2. The third kappa shape index (κ3) is 6.84. The van der Waals surface area contributed by atoms with Crippen molar-refractivity contribution in [2.45, 2.75) is 17.7 Å². The van der Waals surface area contributed by atoms with Crippen LogP contribution in [-0.2, 0) is 10.0 Å². The standard InChI is InChI=1S/C25H28FN5O3S/c1-34-22-8-11-24(26)20(16-22)5-4-19-17-27-25(28-18-19)30-21-6-9-23(10-7-21)35(32,33)29-12-15-31-13-2-3-14-31/h4-11,16-18,29H,2-3,12-15H2,1H3,(H,27,28,30)/b5-4+. The van der Waals surface area contributed by atoms with Gasteiger partial charge in [0.15, 0.2) is 0 Å². The van der Waals surface area contributed by atoms with E-state index in [1.54, 1.807) is 60.9 Å². The summed E-state index contributed by atoms with van der Waals surface area (Å²) in [6.07, 6.45) is 8.89. The lowest BCUT2D eigenvalue weighted by Crippen LogP contribution is -2.33. The molecule has 3 aromatic rings. The molecule has 0 aliphatic carbocycles. The molecular formula is C25H28FN5O3S. The van der Waals surface area contributed by atoms with Crippen LogP contribution in [0.1, 0.15) is 24.0 Å². The van der Waals surface area contributed by atoms with Gasteiger partial charge in [0.25, 0.3) is 0 Å².